The minimum absolute atomic E-state index is 0.196. The quantitative estimate of drug-likeness (QED) is 0.569. The predicted molar refractivity (Wildman–Crippen MR) is 112 cm³/mol. The number of nitrogens with one attached hydrogen (secondary N) is 1. The second-order valence-electron chi connectivity index (χ2n) is 6.41. The van der Waals surface area contributed by atoms with E-state index in [1.807, 2.05) is 41.8 Å². The van der Waals surface area contributed by atoms with Crippen molar-refractivity contribution in [2.75, 3.05) is 12.4 Å². The number of aromatic nitrogens is 1. The summed E-state index contributed by atoms with van der Waals surface area (Å²) in [6.45, 7) is 4.32. The van der Waals surface area contributed by atoms with Gasteiger partial charge in [-0.25, -0.2) is 4.98 Å². The summed E-state index contributed by atoms with van der Waals surface area (Å²) in [5.41, 5.74) is 4.08. The van der Waals surface area contributed by atoms with E-state index in [1.54, 1.807) is 13.2 Å². The molecule has 0 aliphatic rings. The lowest BCUT2D eigenvalue weighted by molar-refractivity contribution is -0.111. The van der Waals surface area contributed by atoms with Gasteiger partial charge in [-0.3, -0.25) is 10.1 Å². The predicted octanol–water partition coefficient (Wildman–Crippen LogP) is 5.59. The number of thiazole rings is 1. The molecule has 0 spiro atoms. The van der Waals surface area contributed by atoms with Gasteiger partial charge in [0, 0.05) is 17.0 Å². The molecule has 0 bridgehead atoms. The molecule has 5 heteroatoms. The first-order chi connectivity index (χ1) is 13.0. The van der Waals surface area contributed by atoms with Crippen LogP contribution in [-0.4, -0.2) is 18.0 Å². The van der Waals surface area contributed by atoms with Crippen molar-refractivity contribution in [1.82, 2.24) is 4.98 Å². The summed E-state index contributed by atoms with van der Waals surface area (Å²) in [5.74, 6) is 1.10. The summed E-state index contributed by atoms with van der Waals surface area (Å²) in [5, 5.41) is 5.31. The van der Waals surface area contributed by atoms with Crippen molar-refractivity contribution in [2.45, 2.75) is 19.8 Å². The van der Waals surface area contributed by atoms with Crippen LogP contribution < -0.4 is 10.1 Å². The molecule has 0 atom stereocenters. The van der Waals surface area contributed by atoms with E-state index in [1.165, 1.54) is 23.0 Å². The molecule has 0 unspecified atom stereocenters. The van der Waals surface area contributed by atoms with E-state index in [0.29, 0.717) is 11.0 Å². The molecule has 1 heterocycles. The normalized spacial score (nSPS) is 11.1. The first kappa shape index (κ1) is 18.9. The summed E-state index contributed by atoms with van der Waals surface area (Å²) in [7, 11) is 1.64. The van der Waals surface area contributed by atoms with Crippen LogP contribution in [0, 0.1) is 0 Å². The van der Waals surface area contributed by atoms with Crippen LogP contribution in [0.4, 0.5) is 5.13 Å². The average Bonchev–Trinajstić information content (AvgIpc) is 3.15. The highest BCUT2D eigenvalue weighted by atomic mass is 32.1. The minimum Gasteiger partial charge on any atom is -0.497 e. The molecule has 0 radical (unpaired) electrons. The molecule has 3 aromatic rings. The molecule has 2 aromatic carbocycles. The van der Waals surface area contributed by atoms with Crippen molar-refractivity contribution in [3.63, 3.8) is 0 Å². The number of benzene rings is 2. The van der Waals surface area contributed by atoms with Gasteiger partial charge in [-0.2, -0.15) is 0 Å². The van der Waals surface area contributed by atoms with Crippen LogP contribution in [0.25, 0.3) is 17.3 Å². The third-order valence-electron chi connectivity index (χ3n) is 4.15. The van der Waals surface area contributed by atoms with Crippen LogP contribution in [0.5, 0.6) is 5.75 Å². The Morgan fingerprint density at radius 3 is 2.44 bits per heavy atom. The number of carbonyl (C=O) groups excluding carboxylic acids is 1. The summed E-state index contributed by atoms with van der Waals surface area (Å²) >= 11 is 1.40. The van der Waals surface area contributed by atoms with Gasteiger partial charge >= 0.3 is 0 Å². The Hall–Kier alpha value is -2.92. The fourth-order valence-corrected chi connectivity index (χ4v) is 3.26. The van der Waals surface area contributed by atoms with Gasteiger partial charge in [0.15, 0.2) is 5.13 Å². The van der Waals surface area contributed by atoms with E-state index in [4.69, 9.17) is 4.74 Å². The maximum atomic E-state index is 12.1. The number of hydrogen-bond acceptors (Lipinski definition) is 4. The topological polar surface area (TPSA) is 51.2 Å². The molecule has 0 fully saturated rings. The Balaban J connectivity index is 1.61. The number of hydrogen-bond donors (Lipinski definition) is 1. The molecule has 0 saturated carbocycles. The average molecular weight is 378 g/mol. The highest BCUT2D eigenvalue weighted by molar-refractivity contribution is 7.14. The van der Waals surface area contributed by atoms with Gasteiger partial charge in [-0.15, -0.1) is 11.3 Å². The highest BCUT2D eigenvalue weighted by Gasteiger charge is 2.07. The van der Waals surface area contributed by atoms with E-state index in [0.717, 1.165) is 22.6 Å². The van der Waals surface area contributed by atoms with Gasteiger partial charge in [0.2, 0.25) is 5.91 Å². The maximum absolute atomic E-state index is 12.1. The van der Waals surface area contributed by atoms with Gasteiger partial charge in [0.25, 0.3) is 0 Å². The van der Waals surface area contributed by atoms with Crippen LogP contribution in [0.2, 0.25) is 0 Å². The fourth-order valence-electron chi connectivity index (χ4n) is 2.54. The molecule has 138 valence electrons. The smallest absolute Gasteiger partial charge is 0.250 e. The third-order valence-corrected chi connectivity index (χ3v) is 4.91. The molecular weight excluding hydrogens is 356 g/mol. The van der Waals surface area contributed by atoms with Gasteiger partial charge in [-0.05, 0) is 47.4 Å². The second-order valence-corrected chi connectivity index (χ2v) is 7.27. The molecule has 4 nitrogen and oxygen atoms in total. The van der Waals surface area contributed by atoms with Crippen LogP contribution in [0.1, 0.15) is 30.9 Å². The van der Waals surface area contributed by atoms with Crippen LogP contribution >= 0.6 is 11.3 Å². The zero-order valence-corrected chi connectivity index (χ0v) is 16.4. The lowest BCUT2D eigenvalue weighted by Gasteiger charge is -2.04. The first-order valence-corrected chi connectivity index (χ1v) is 9.62. The van der Waals surface area contributed by atoms with E-state index in [-0.39, 0.29) is 5.91 Å². The van der Waals surface area contributed by atoms with Gasteiger partial charge < -0.3 is 4.74 Å². The van der Waals surface area contributed by atoms with Crippen LogP contribution in [0.15, 0.2) is 60.0 Å². The lowest BCUT2D eigenvalue weighted by Crippen LogP contribution is -2.07. The Labute approximate surface area is 163 Å². The monoisotopic (exact) mass is 378 g/mol. The van der Waals surface area contributed by atoms with Gasteiger partial charge in [-0.1, -0.05) is 38.1 Å². The first-order valence-electron chi connectivity index (χ1n) is 8.74. The van der Waals surface area contributed by atoms with Crippen molar-refractivity contribution in [2.24, 2.45) is 0 Å². The van der Waals surface area contributed by atoms with Gasteiger partial charge in [0.05, 0.1) is 12.8 Å². The highest BCUT2D eigenvalue weighted by Crippen LogP contribution is 2.26. The number of amides is 1. The van der Waals surface area contributed by atoms with Crippen LogP contribution in [0.3, 0.4) is 0 Å². The van der Waals surface area contributed by atoms with E-state index in [9.17, 15) is 4.79 Å². The van der Waals surface area contributed by atoms with Crippen molar-refractivity contribution in [1.29, 1.82) is 0 Å². The number of ether oxygens (including phenoxy) is 1. The molecular formula is C22H22N2O2S. The molecule has 1 aromatic heterocycles. The number of rotatable bonds is 6. The Morgan fingerprint density at radius 2 is 1.81 bits per heavy atom. The summed E-state index contributed by atoms with van der Waals surface area (Å²) in [6, 6.07) is 15.9. The molecule has 27 heavy (non-hydrogen) atoms. The lowest BCUT2D eigenvalue weighted by atomic mass is 10.0. The second kappa shape index (κ2) is 8.64. The SMILES string of the molecule is COc1ccc(-c2csc(NC(=O)C=Cc3ccc(C(C)C)cc3)n2)cc1. The Morgan fingerprint density at radius 1 is 1.11 bits per heavy atom. The number of anilines is 1. The zero-order valence-electron chi connectivity index (χ0n) is 15.6. The zero-order chi connectivity index (χ0) is 19.2. The molecule has 0 aliphatic heterocycles. The molecule has 0 saturated heterocycles. The molecule has 1 N–H and O–H groups in total. The van der Waals surface area contributed by atoms with E-state index < -0.39 is 0 Å². The number of methoxy groups -OCH3 is 1. The molecule has 0 aliphatic carbocycles. The van der Waals surface area contributed by atoms with Gasteiger partial charge in [0.1, 0.15) is 5.75 Å². The minimum atomic E-state index is -0.196. The summed E-state index contributed by atoms with van der Waals surface area (Å²) in [4.78, 5) is 16.6. The molecule has 3 rings (SSSR count). The summed E-state index contributed by atoms with van der Waals surface area (Å²) in [6.07, 6.45) is 3.33. The summed E-state index contributed by atoms with van der Waals surface area (Å²) < 4.78 is 5.16. The van der Waals surface area contributed by atoms with Crippen molar-refractivity contribution in [3.8, 4) is 17.0 Å². The third kappa shape index (κ3) is 5.05. The number of carbonyl (C=O) groups is 1. The number of nitrogens with zero attached hydrogens (tertiary/aromatic N) is 1. The van der Waals surface area contributed by atoms with E-state index in [2.05, 4.69) is 36.3 Å². The van der Waals surface area contributed by atoms with Crippen molar-refractivity contribution >= 4 is 28.5 Å². The van der Waals surface area contributed by atoms with Crippen molar-refractivity contribution < 1.29 is 9.53 Å². The fraction of sp³-hybridized carbons (Fsp3) is 0.182. The van der Waals surface area contributed by atoms with Crippen LogP contribution in [-0.2, 0) is 4.79 Å². The maximum Gasteiger partial charge on any atom is 0.250 e. The Kier molecular flexibility index (Phi) is 6.04. The van der Waals surface area contributed by atoms with E-state index >= 15 is 0 Å². The van der Waals surface area contributed by atoms with Crippen molar-refractivity contribution in [3.05, 3.63) is 71.1 Å². The standard InChI is InChI=1S/C22H22N2O2S/c1-15(2)17-7-4-16(5-8-17)6-13-21(25)24-22-23-20(14-27-22)18-9-11-19(26-3)12-10-18/h4-15H,1-3H3,(H,23,24,25). The largest absolute Gasteiger partial charge is 0.497 e. The molecule has 1 amide bonds. The Bertz CT molecular complexity index is 926.